The smallest absolute Gasteiger partial charge is 0.306 e. The fraction of sp³-hybridized carbons (Fsp3) is 0.816. The van der Waals surface area contributed by atoms with Crippen molar-refractivity contribution in [2.24, 2.45) is 0 Å². The zero-order valence-corrected chi connectivity index (χ0v) is 37.8. The predicted octanol–water partition coefficient (Wildman–Crippen LogP) is 11.7. The number of nitrogens with zero attached hydrogens (tertiary/aromatic N) is 1. The van der Waals surface area contributed by atoms with Gasteiger partial charge in [-0.1, -0.05) is 153 Å². The Labute approximate surface area is 351 Å². The van der Waals surface area contributed by atoms with Gasteiger partial charge in [0.05, 0.1) is 40.3 Å². The van der Waals surface area contributed by atoms with Gasteiger partial charge in [-0.05, 0) is 70.6 Å². The highest BCUT2D eigenvalue weighted by Gasteiger charge is 2.25. The first-order valence-corrected chi connectivity index (χ1v) is 23.5. The topological polar surface area (TPSA) is 102 Å². The van der Waals surface area contributed by atoms with Gasteiger partial charge in [0, 0.05) is 19.3 Å². The third-order valence-electron chi connectivity index (χ3n) is 10.5. The Balaban J connectivity index is 4.27. The van der Waals surface area contributed by atoms with Crippen LogP contribution in [0.2, 0.25) is 0 Å². The molecule has 0 heterocycles. The van der Waals surface area contributed by atoms with Gasteiger partial charge in [-0.15, -0.1) is 0 Å². The minimum Gasteiger partial charge on any atom is -0.544 e. The summed E-state index contributed by atoms with van der Waals surface area (Å²) in [4.78, 5) is 36.9. The van der Waals surface area contributed by atoms with Crippen molar-refractivity contribution in [3.8, 4) is 0 Å². The Morgan fingerprint density at radius 2 is 0.930 bits per heavy atom. The van der Waals surface area contributed by atoms with Crippen LogP contribution in [-0.4, -0.2) is 75.5 Å². The molecule has 8 nitrogen and oxygen atoms in total. The van der Waals surface area contributed by atoms with Gasteiger partial charge in [0.1, 0.15) is 12.6 Å². The standard InChI is InChI=1S/C49H89NO7/c1-6-8-10-12-14-16-18-20-21-22-23-24-25-26-27-28-30-32-34-36-38-40-48(52)57-45(43-55-42-41-46(49(53)54)50(3,4)5)44-56-47(51)39-37-35-33-31-29-19-17-15-13-11-9-7-2/h15,17-18,20,22-23,45-46H,6-14,16,19,21,24-44H2,1-5H3/b17-15-,20-18-,23-22-. The van der Waals surface area contributed by atoms with E-state index in [2.05, 4.69) is 50.3 Å². The second-order valence-electron chi connectivity index (χ2n) is 17.0. The molecular weight excluding hydrogens is 715 g/mol. The number of unbranched alkanes of at least 4 members (excludes halogenated alkanes) is 22. The summed E-state index contributed by atoms with van der Waals surface area (Å²) in [7, 11) is 5.41. The number of aliphatic carboxylic acids is 1. The van der Waals surface area contributed by atoms with Crippen molar-refractivity contribution in [1.82, 2.24) is 0 Å². The van der Waals surface area contributed by atoms with Crippen LogP contribution in [-0.2, 0) is 28.6 Å². The lowest BCUT2D eigenvalue weighted by molar-refractivity contribution is -0.889. The molecule has 8 heteroatoms. The average molecular weight is 804 g/mol. The van der Waals surface area contributed by atoms with Crippen molar-refractivity contribution in [3.05, 3.63) is 36.5 Å². The molecule has 332 valence electrons. The van der Waals surface area contributed by atoms with E-state index in [0.29, 0.717) is 12.8 Å². The summed E-state index contributed by atoms with van der Waals surface area (Å²) < 4.78 is 17.2. The first-order chi connectivity index (χ1) is 27.6. The largest absolute Gasteiger partial charge is 0.544 e. The fourth-order valence-electron chi connectivity index (χ4n) is 6.80. The Morgan fingerprint density at radius 1 is 0.526 bits per heavy atom. The van der Waals surface area contributed by atoms with E-state index in [-0.39, 0.29) is 42.7 Å². The first-order valence-electron chi connectivity index (χ1n) is 23.5. The number of esters is 2. The van der Waals surface area contributed by atoms with Crippen LogP contribution in [0, 0.1) is 0 Å². The number of rotatable bonds is 42. The van der Waals surface area contributed by atoms with Crippen molar-refractivity contribution in [2.45, 2.75) is 219 Å². The van der Waals surface area contributed by atoms with Gasteiger partial charge in [-0.25, -0.2) is 0 Å². The van der Waals surface area contributed by atoms with Crippen LogP contribution in [0.4, 0.5) is 0 Å². The summed E-state index contributed by atoms with van der Waals surface area (Å²) in [5, 5.41) is 11.6. The number of carbonyl (C=O) groups is 3. The maximum Gasteiger partial charge on any atom is 0.306 e. The van der Waals surface area contributed by atoms with Crippen molar-refractivity contribution in [1.29, 1.82) is 0 Å². The summed E-state index contributed by atoms with van der Waals surface area (Å²) in [6.45, 7) is 4.62. The van der Waals surface area contributed by atoms with Gasteiger partial charge in [-0.3, -0.25) is 9.59 Å². The Bertz CT molecular complexity index is 1030. The van der Waals surface area contributed by atoms with E-state index in [4.69, 9.17) is 14.2 Å². The Morgan fingerprint density at radius 3 is 1.40 bits per heavy atom. The molecule has 0 radical (unpaired) electrons. The molecule has 0 aromatic rings. The van der Waals surface area contributed by atoms with Gasteiger partial charge in [0.2, 0.25) is 0 Å². The number of hydrogen-bond donors (Lipinski definition) is 0. The molecule has 2 unspecified atom stereocenters. The summed E-state index contributed by atoms with van der Waals surface area (Å²) >= 11 is 0. The lowest BCUT2D eigenvalue weighted by Crippen LogP contribution is -2.55. The third kappa shape index (κ3) is 38.8. The zero-order chi connectivity index (χ0) is 42.1. The maximum atomic E-state index is 12.7. The van der Waals surface area contributed by atoms with E-state index < -0.39 is 18.1 Å². The quantitative estimate of drug-likeness (QED) is 0.0262. The zero-order valence-electron chi connectivity index (χ0n) is 37.8. The highest BCUT2D eigenvalue weighted by atomic mass is 16.6. The number of hydrogen-bond acceptors (Lipinski definition) is 7. The number of quaternary nitrogens is 1. The van der Waals surface area contributed by atoms with E-state index in [1.807, 2.05) is 0 Å². The predicted molar refractivity (Wildman–Crippen MR) is 236 cm³/mol. The van der Waals surface area contributed by atoms with E-state index >= 15 is 0 Å². The monoisotopic (exact) mass is 804 g/mol. The molecule has 0 spiro atoms. The van der Waals surface area contributed by atoms with Crippen molar-refractivity contribution in [3.63, 3.8) is 0 Å². The number of likely N-dealkylation sites (N-methyl/N-ethyl adjacent to an activating group) is 1. The van der Waals surface area contributed by atoms with Crippen LogP contribution in [0.1, 0.15) is 206 Å². The van der Waals surface area contributed by atoms with Gasteiger partial charge in [0.15, 0.2) is 6.10 Å². The summed E-state index contributed by atoms with van der Waals surface area (Å²) in [5.74, 6) is -1.75. The maximum absolute atomic E-state index is 12.7. The van der Waals surface area contributed by atoms with Crippen molar-refractivity contribution in [2.75, 3.05) is 41.0 Å². The molecule has 57 heavy (non-hydrogen) atoms. The van der Waals surface area contributed by atoms with E-state index in [1.165, 1.54) is 116 Å². The summed E-state index contributed by atoms with van der Waals surface area (Å²) in [5.41, 5.74) is 0. The number of carboxylic acids is 1. The van der Waals surface area contributed by atoms with Crippen LogP contribution < -0.4 is 5.11 Å². The molecule has 0 aliphatic heterocycles. The second-order valence-corrected chi connectivity index (χ2v) is 17.0. The normalized spacial score (nSPS) is 13.2. The van der Waals surface area contributed by atoms with Crippen molar-refractivity contribution < 1.29 is 38.2 Å². The average Bonchev–Trinajstić information content (AvgIpc) is 3.17. The van der Waals surface area contributed by atoms with Crippen molar-refractivity contribution >= 4 is 17.9 Å². The summed E-state index contributed by atoms with van der Waals surface area (Å²) in [6.07, 6.45) is 45.9. The molecule has 0 aromatic heterocycles. The van der Waals surface area contributed by atoms with Crippen LogP contribution >= 0.6 is 0 Å². The van der Waals surface area contributed by atoms with Gasteiger partial charge < -0.3 is 28.6 Å². The van der Waals surface area contributed by atoms with Gasteiger partial charge >= 0.3 is 11.9 Å². The molecule has 0 N–H and O–H groups in total. The molecule has 2 atom stereocenters. The SMILES string of the molecule is CCCCC/C=C\CCCCCCCC(=O)OCC(COCCC(C(=O)[O-])[N+](C)(C)C)OC(=O)CCCCCCCCCCC/C=C\C/C=C\CCCCCCC. The molecule has 0 amide bonds. The minimum atomic E-state index is -1.13. The first kappa shape index (κ1) is 54.6. The fourth-order valence-corrected chi connectivity index (χ4v) is 6.80. The lowest BCUT2D eigenvalue weighted by atomic mass is 10.1. The van der Waals surface area contributed by atoms with Gasteiger partial charge in [-0.2, -0.15) is 0 Å². The number of allylic oxidation sites excluding steroid dienone is 6. The van der Waals surface area contributed by atoms with E-state index in [1.54, 1.807) is 21.1 Å². The highest BCUT2D eigenvalue weighted by molar-refractivity contribution is 5.70. The molecule has 0 aliphatic carbocycles. The molecule has 0 saturated carbocycles. The summed E-state index contributed by atoms with van der Waals surface area (Å²) in [6, 6.07) is -0.727. The molecule has 0 rings (SSSR count). The number of carbonyl (C=O) groups excluding carboxylic acids is 3. The van der Waals surface area contributed by atoms with E-state index in [0.717, 1.165) is 57.8 Å². The molecular formula is C49H89NO7. The highest BCUT2D eigenvalue weighted by Crippen LogP contribution is 2.14. The second kappa shape index (κ2) is 40.3. The molecule has 0 aliphatic rings. The minimum absolute atomic E-state index is 0.0376. The van der Waals surface area contributed by atoms with Crippen LogP contribution in [0.15, 0.2) is 36.5 Å². The molecule has 0 aromatic carbocycles. The Kier molecular flexibility index (Phi) is 38.6. The Hall–Kier alpha value is -2.45. The number of carboxylic acid groups (broad SMARTS) is 1. The van der Waals surface area contributed by atoms with E-state index in [9.17, 15) is 19.5 Å². The molecule has 0 saturated heterocycles. The third-order valence-corrected chi connectivity index (χ3v) is 10.5. The lowest BCUT2D eigenvalue weighted by Gasteiger charge is -2.34. The van der Waals surface area contributed by atoms with Gasteiger partial charge in [0.25, 0.3) is 0 Å². The molecule has 0 bridgehead atoms. The van der Waals surface area contributed by atoms with Crippen LogP contribution in [0.5, 0.6) is 0 Å². The number of ether oxygens (including phenoxy) is 3. The molecule has 0 fully saturated rings. The van der Waals surface area contributed by atoms with Crippen LogP contribution in [0.3, 0.4) is 0 Å². The van der Waals surface area contributed by atoms with Crippen LogP contribution in [0.25, 0.3) is 0 Å².